The first-order valence-corrected chi connectivity index (χ1v) is 7.47. The van der Waals surface area contributed by atoms with E-state index in [1.165, 1.54) is 7.11 Å². The second-order valence-electron chi connectivity index (χ2n) is 4.93. The summed E-state index contributed by atoms with van der Waals surface area (Å²) in [6, 6.07) is 16.0. The van der Waals surface area contributed by atoms with Crippen molar-refractivity contribution in [2.45, 2.75) is 6.42 Å². The predicted molar refractivity (Wildman–Crippen MR) is 94.2 cm³/mol. The van der Waals surface area contributed by atoms with Crippen LogP contribution in [0.2, 0.25) is 0 Å². The molecule has 0 amide bonds. The zero-order chi connectivity index (χ0) is 16.8. The molecule has 0 aromatic heterocycles. The number of hydrogen-bond donors (Lipinski definition) is 0. The molecule has 0 unspecified atom stereocenters. The molecule has 0 spiro atoms. The molecule has 23 heavy (non-hydrogen) atoms. The quantitative estimate of drug-likeness (QED) is 0.478. The molecule has 2 aromatic rings. The van der Waals surface area contributed by atoms with E-state index in [4.69, 9.17) is 17.0 Å². The van der Waals surface area contributed by atoms with Crippen LogP contribution in [0.3, 0.4) is 0 Å². The average Bonchev–Trinajstić information content (AvgIpc) is 2.61. The number of carbonyl (C=O) groups excluding carboxylic acids is 2. The molecule has 0 fully saturated rings. The highest BCUT2D eigenvalue weighted by Gasteiger charge is 2.18. The van der Waals surface area contributed by atoms with Gasteiger partial charge in [0.25, 0.3) is 0 Å². The Morgan fingerprint density at radius 3 is 2.30 bits per heavy atom. The van der Waals surface area contributed by atoms with Crippen LogP contribution in [-0.4, -0.2) is 30.9 Å². The van der Waals surface area contributed by atoms with Crippen molar-refractivity contribution in [1.82, 2.24) is 0 Å². The number of ether oxygens (including phenoxy) is 1. The van der Waals surface area contributed by atoms with E-state index in [1.807, 2.05) is 18.2 Å². The van der Waals surface area contributed by atoms with Crippen molar-refractivity contribution in [2.75, 3.05) is 19.1 Å². The summed E-state index contributed by atoms with van der Waals surface area (Å²) in [7, 11) is 3.07. The van der Waals surface area contributed by atoms with E-state index in [1.54, 1.807) is 48.3 Å². The second kappa shape index (κ2) is 7.65. The maximum Gasteiger partial charge on any atom is 0.339 e. The van der Waals surface area contributed by atoms with E-state index in [0.29, 0.717) is 21.8 Å². The highest BCUT2D eigenvalue weighted by Crippen LogP contribution is 2.21. The van der Waals surface area contributed by atoms with Crippen LogP contribution in [0, 0.1) is 0 Å². The first-order chi connectivity index (χ1) is 11.0. The molecule has 0 N–H and O–H groups in total. The van der Waals surface area contributed by atoms with Gasteiger partial charge < -0.3 is 9.64 Å². The van der Waals surface area contributed by atoms with Gasteiger partial charge >= 0.3 is 5.97 Å². The lowest BCUT2D eigenvalue weighted by atomic mass is 10.1. The number of nitrogens with zero attached hydrogens (tertiary/aromatic N) is 1. The molecule has 0 aliphatic carbocycles. The number of benzene rings is 2. The van der Waals surface area contributed by atoms with Gasteiger partial charge in [-0.15, -0.1) is 0 Å². The molecule has 0 saturated carbocycles. The Hall–Kier alpha value is -2.53. The van der Waals surface area contributed by atoms with Crippen molar-refractivity contribution in [1.29, 1.82) is 0 Å². The fourth-order valence-corrected chi connectivity index (χ4v) is 2.39. The minimum Gasteiger partial charge on any atom is -0.465 e. The monoisotopic (exact) mass is 327 g/mol. The third-order valence-corrected chi connectivity index (χ3v) is 3.87. The number of esters is 1. The van der Waals surface area contributed by atoms with Gasteiger partial charge in [0, 0.05) is 12.6 Å². The Bertz CT molecular complexity index is 728. The predicted octanol–water partition coefficient (Wildman–Crippen LogP) is 3.51. The summed E-state index contributed by atoms with van der Waals surface area (Å²) in [5.41, 5.74) is 1.64. The van der Waals surface area contributed by atoms with Crippen molar-refractivity contribution >= 4 is 34.6 Å². The molecule has 5 heteroatoms. The summed E-state index contributed by atoms with van der Waals surface area (Å²) in [4.78, 5) is 26.2. The van der Waals surface area contributed by atoms with Gasteiger partial charge in [-0.25, -0.2) is 4.79 Å². The Labute approximate surface area is 140 Å². The van der Waals surface area contributed by atoms with E-state index < -0.39 is 5.97 Å². The molecule has 0 heterocycles. The molecule has 4 nitrogen and oxygen atoms in total. The number of hydrogen-bond acceptors (Lipinski definition) is 4. The lowest BCUT2D eigenvalue weighted by Crippen LogP contribution is -2.28. The molecule has 0 aliphatic heterocycles. The van der Waals surface area contributed by atoms with E-state index in [2.05, 4.69) is 0 Å². The van der Waals surface area contributed by atoms with E-state index in [0.717, 1.165) is 0 Å². The number of para-hydroxylation sites is 1. The Kier molecular flexibility index (Phi) is 5.60. The molecule has 0 radical (unpaired) electrons. The average molecular weight is 327 g/mol. The number of carbonyl (C=O) groups is 2. The summed E-state index contributed by atoms with van der Waals surface area (Å²) in [5, 5.41) is 0. The van der Waals surface area contributed by atoms with Crippen LogP contribution < -0.4 is 4.90 Å². The lowest BCUT2D eigenvalue weighted by Gasteiger charge is -2.22. The molecule has 0 bridgehead atoms. The van der Waals surface area contributed by atoms with Gasteiger partial charge in [-0.05, 0) is 12.1 Å². The van der Waals surface area contributed by atoms with Crippen LogP contribution in [0.5, 0.6) is 0 Å². The first kappa shape index (κ1) is 16.8. The normalized spacial score (nSPS) is 10.0. The van der Waals surface area contributed by atoms with Crippen molar-refractivity contribution in [3.8, 4) is 0 Å². The minimum atomic E-state index is -0.440. The van der Waals surface area contributed by atoms with Crippen molar-refractivity contribution < 1.29 is 14.3 Å². The topological polar surface area (TPSA) is 46.6 Å². The maximum absolute atomic E-state index is 12.3. The maximum atomic E-state index is 12.3. The van der Waals surface area contributed by atoms with E-state index in [9.17, 15) is 9.59 Å². The summed E-state index contributed by atoms with van der Waals surface area (Å²) < 4.78 is 4.78. The number of methoxy groups -OCH3 is 1. The van der Waals surface area contributed by atoms with Gasteiger partial charge in [0.2, 0.25) is 0 Å². The van der Waals surface area contributed by atoms with Gasteiger partial charge in [-0.1, -0.05) is 54.7 Å². The minimum absolute atomic E-state index is 0.0574. The Balaban J connectivity index is 2.18. The summed E-state index contributed by atoms with van der Waals surface area (Å²) in [6.07, 6.45) is 0.103. The van der Waals surface area contributed by atoms with Crippen LogP contribution in [0.25, 0.3) is 0 Å². The van der Waals surface area contributed by atoms with Crippen LogP contribution in [0.15, 0.2) is 54.6 Å². The van der Waals surface area contributed by atoms with E-state index >= 15 is 0 Å². The van der Waals surface area contributed by atoms with Crippen LogP contribution in [0.4, 0.5) is 5.69 Å². The number of anilines is 1. The molecule has 2 aromatic carbocycles. The van der Waals surface area contributed by atoms with Gasteiger partial charge in [-0.2, -0.15) is 0 Å². The number of thiocarbonyl (C=S) groups is 1. The molecule has 0 aliphatic rings. The van der Waals surface area contributed by atoms with Gasteiger partial charge in [-0.3, -0.25) is 4.79 Å². The van der Waals surface area contributed by atoms with Crippen molar-refractivity contribution in [2.24, 2.45) is 0 Å². The lowest BCUT2D eigenvalue weighted by molar-refractivity contribution is 0.0601. The van der Waals surface area contributed by atoms with Crippen LogP contribution >= 0.6 is 12.2 Å². The standard InChI is InChI=1S/C18H17NO3S/c1-19(15-11-7-6-10-14(15)18(21)22-2)17(23)12-16(20)13-8-4-3-5-9-13/h3-11H,12H2,1-2H3. The second-order valence-corrected chi connectivity index (χ2v) is 5.40. The SMILES string of the molecule is COC(=O)c1ccccc1N(C)C(=S)CC(=O)c1ccccc1. The highest BCUT2D eigenvalue weighted by atomic mass is 32.1. The van der Waals surface area contributed by atoms with Crippen LogP contribution in [0.1, 0.15) is 27.1 Å². The van der Waals surface area contributed by atoms with E-state index in [-0.39, 0.29) is 12.2 Å². The Morgan fingerprint density at radius 1 is 1.04 bits per heavy atom. The molecular formula is C18H17NO3S. The number of ketones is 1. The molecule has 0 saturated heterocycles. The smallest absolute Gasteiger partial charge is 0.339 e. The third kappa shape index (κ3) is 4.02. The zero-order valence-electron chi connectivity index (χ0n) is 13.0. The molecular weight excluding hydrogens is 310 g/mol. The summed E-state index contributed by atoms with van der Waals surface area (Å²) in [6.45, 7) is 0. The number of rotatable bonds is 5. The highest BCUT2D eigenvalue weighted by molar-refractivity contribution is 7.80. The third-order valence-electron chi connectivity index (χ3n) is 3.45. The number of Topliss-reactive ketones (excluding diaryl/α,β-unsaturated/α-hetero) is 1. The van der Waals surface area contributed by atoms with Gasteiger partial charge in [0.15, 0.2) is 5.78 Å². The first-order valence-electron chi connectivity index (χ1n) is 7.06. The van der Waals surface area contributed by atoms with Gasteiger partial charge in [0.1, 0.15) is 0 Å². The fraction of sp³-hybridized carbons (Fsp3) is 0.167. The van der Waals surface area contributed by atoms with Crippen molar-refractivity contribution in [3.05, 3.63) is 65.7 Å². The Morgan fingerprint density at radius 2 is 1.65 bits per heavy atom. The van der Waals surface area contributed by atoms with Crippen molar-refractivity contribution in [3.63, 3.8) is 0 Å². The van der Waals surface area contributed by atoms with Gasteiger partial charge in [0.05, 0.1) is 29.8 Å². The summed E-state index contributed by atoms with van der Waals surface area (Å²) >= 11 is 5.37. The summed E-state index contributed by atoms with van der Waals surface area (Å²) in [5.74, 6) is -0.498. The zero-order valence-corrected chi connectivity index (χ0v) is 13.8. The molecule has 118 valence electrons. The molecule has 0 atom stereocenters. The fourth-order valence-electron chi connectivity index (χ4n) is 2.17. The molecule has 2 rings (SSSR count). The van der Waals surface area contributed by atoms with Crippen LogP contribution in [-0.2, 0) is 4.74 Å². The largest absolute Gasteiger partial charge is 0.465 e.